The Morgan fingerprint density at radius 2 is 1.35 bits per heavy atom. The fourth-order valence-corrected chi connectivity index (χ4v) is 6.45. The summed E-state index contributed by atoms with van der Waals surface area (Å²) in [6.45, 7) is 7.10. The minimum Gasteiger partial charge on any atom is -0.329 e. The minimum atomic E-state index is -6.37. The van der Waals surface area contributed by atoms with E-state index in [-0.39, 0.29) is 11.6 Å². The molecule has 0 saturated carbocycles. The molecule has 0 unspecified atom stereocenters. The summed E-state index contributed by atoms with van der Waals surface area (Å²) in [5.74, 6) is 0. The third kappa shape index (κ3) is 6.48. The maximum atomic E-state index is 13.1. The lowest BCUT2D eigenvalue weighted by molar-refractivity contribution is -0.888. The molecule has 0 aliphatic heterocycles. The van der Waals surface area contributed by atoms with E-state index in [0.717, 1.165) is 6.07 Å². The van der Waals surface area contributed by atoms with Crippen molar-refractivity contribution in [3.05, 3.63) is 47.5 Å². The molecule has 1 aliphatic carbocycles. The van der Waals surface area contributed by atoms with E-state index in [1.165, 1.54) is 61.1 Å². The number of quaternary nitrogens is 1. The summed E-state index contributed by atoms with van der Waals surface area (Å²) in [5, 5.41) is 0. The standard InChI is InChI=1S/C15H8F6O4S2.C9H22N/c16-14(17,18)26(22,23)12-6-5-10-9-4-2-1-3-8(9)7-11(10)13(12)27(24,25)15(19,20)21;1-5-7-8-9-10(3,4)6-2/h1-6H,7H2;5-9H2,1-4H3/q;+1. The SMILES string of the molecule is CCCCC[N+](C)(C)CC.O=S(=O)(c1ccc2c(c1S(=O)(=O)C(F)(F)F)Cc1ccccc1-2)C(F)(F)F. The fraction of sp³-hybridized carbons (Fsp3) is 0.500. The minimum absolute atomic E-state index is 0.0606. The number of hydrogen-bond donors (Lipinski definition) is 0. The first-order valence-corrected chi connectivity index (χ1v) is 14.5. The van der Waals surface area contributed by atoms with Gasteiger partial charge in [-0.2, -0.15) is 26.3 Å². The summed E-state index contributed by atoms with van der Waals surface area (Å²) in [6, 6.07) is 7.06. The maximum absolute atomic E-state index is 13.1. The lowest BCUT2D eigenvalue weighted by atomic mass is 10.1. The Morgan fingerprint density at radius 1 is 0.784 bits per heavy atom. The summed E-state index contributed by atoms with van der Waals surface area (Å²) in [7, 11) is -8.11. The number of benzene rings is 2. The molecule has 0 radical (unpaired) electrons. The van der Waals surface area contributed by atoms with Gasteiger partial charge in [0.1, 0.15) is 0 Å². The zero-order chi connectivity index (χ0) is 28.4. The quantitative estimate of drug-likeness (QED) is 0.194. The van der Waals surface area contributed by atoms with Crippen LogP contribution >= 0.6 is 0 Å². The van der Waals surface area contributed by atoms with Gasteiger partial charge in [0.25, 0.3) is 19.7 Å². The zero-order valence-corrected chi connectivity index (χ0v) is 22.5. The third-order valence-electron chi connectivity index (χ3n) is 6.29. The van der Waals surface area contributed by atoms with Gasteiger partial charge in [-0.05, 0) is 48.1 Å². The van der Waals surface area contributed by atoms with Crippen LogP contribution in [-0.2, 0) is 26.1 Å². The van der Waals surface area contributed by atoms with Crippen molar-refractivity contribution in [2.24, 2.45) is 0 Å². The number of nitrogens with zero attached hydrogens (tertiary/aromatic N) is 1. The van der Waals surface area contributed by atoms with Crippen LogP contribution in [0.2, 0.25) is 0 Å². The summed E-state index contributed by atoms with van der Waals surface area (Å²) in [4.78, 5) is -3.81. The Morgan fingerprint density at radius 3 is 1.86 bits per heavy atom. The lowest BCUT2D eigenvalue weighted by Crippen LogP contribution is -2.39. The lowest BCUT2D eigenvalue weighted by Gasteiger charge is -2.27. The second kappa shape index (κ2) is 10.9. The highest BCUT2D eigenvalue weighted by Crippen LogP contribution is 2.47. The monoisotopic (exact) mass is 574 g/mol. The molecule has 0 fully saturated rings. The summed E-state index contributed by atoms with van der Waals surface area (Å²) in [5.41, 5.74) is -11.9. The molecule has 3 rings (SSSR count). The molecule has 208 valence electrons. The molecular formula is C24H30F6NO4S2+. The van der Waals surface area contributed by atoms with E-state index in [4.69, 9.17) is 0 Å². The molecule has 1 aliphatic rings. The van der Waals surface area contributed by atoms with Crippen molar-refractivity contribution in [1.29, 1.82) is 0 Å². The number of fused-ring (bicyclic) bond motifs is 3. The molecule has 0 heterocycles. The Kier molecular flexibility index (Phi) is 9.19. The van der Waals surface area contributed by atoms with Crippen LogP contribution < -0.4 is 0 Å². The first-order chi connectivity index (χ1) is 16.8. The van der Waals surface area contributed by atoms with Crippen molar-refractivity contribution >= 4 is 19.7 Å². The number of unbranched alkanes of at least 4 members (excludes halogenated alkanes) is 2. The fourth-order valence-electron chi connectivity index (χ4n) is 3.86. The largest absolute Gasteiger partial charge is 0.501 e. The van der Waals surface area contributed by atoms with Crippen molar-refractivity contribution in [3.63, 3.8) is 0 Å². The molecule has 13 heteroatoms. The van der Waals surface area contributed by atoms with Crippen LogP contribution in [0.15, 0.2) is 46.2 Å². The molecule has 0 atom stereocenters. The molecule has 0 aromatic heterocycles. The van der Waals surface area contributed by atoms with Gasteiger partial charge in [0.2, 0.25) is 0 Å². The van der Waals surface area contributed by atoms with Crippen molar-refractivity contribution in [1.82, 2.24) is 0 Å². The van der Waals surface area contributed by atoms with Crippen molar-refractivity contribution < 1.29 is 47.7 Å². The van der Waals surface area contributed by atoms with Gasteiger partial charge < -0.3 is 4.48 Å². The van der Waals surface area contributed by atoms with E-state index >= 15 is 0 Å². The highest BCUT2D eigenvalue weighted by Gasteiger charge is 2.55. The molecule has 37 heavy (non-hydrogen) atoms. The van der Waals surface area contributed by atoms with Gasteiger partial charge in [0, 0.05) is 6.42 Å². The van der Waals surface area contributed by atoms with E-state index in [0.29, 0.717) is 11.1 Å². The predicted molar refractivity (Wildman–Crippen MR) is 128 cm³/mol. The second-order valence-corrected chi connectivity index (χ2v) is 13.1. The Bertz CT molecular complexity index is 1330. The van der Waals surface area contributed by atoms with E-state index in [1.54, 1.807) is 0 Å². The maximum Gasteiger partial charge on any atom is 0.501 e. The topological polar surface area (TPSA) is 68.3 Å². The van der Waals surface area contributed by atoms with Gasteiger partial charge in [-0.3, -0.25) is 0 Å². The van der Waals surface area contributed by atoms with Crippen LogP contribution in [0, 0.1) is 0 Å². The molecule has 0 bridgehead atoms. The van der Waals surface area contributed by atoms with Crippen LogP contribution in [0.3, 0.4) is 0 Å². The molecule has 0 saturated heterocycles. The van der Waals surface area contributed by atoms with Gasteiger partial charge in [0.05, 0.1) is 37.0 Å². The molecule has 2 aromatic rings. The zero-order valence-electron chi connectivity index (χ0n) is 20.9. The van der Waals surface area contributed by atoms with E-state index in [9.17, 15) is 43.2 Å². The van der Waals surface area contributed by atoms with Crippen LogP contribution in [0.1, 0.15) is 44.2 Å². The van der Waals surface area contributed by atoms with Crippen LogP contribution in [0.5, 0.6) is 0 Å². The van der Waals surface area contributed by atoms with Gasteiger partial charge in [-0.1, -0.05) is 43.7 Å². The first-order valence-electron chi connectivity index (χ1n) is 11.5. The molecular weight excluding hydrogens is 544 g/mol. The van der Waals surface area contributed by atoms with E-state index in [1.807, 2.05) is 0 Å². The van der Waals surface area contributed by atoms with Crippen molar-refractivity contribution in [3.8, 4) is 11.1 Å². The first kappa shape index (κ1) is 31.1. The van der Waals surface area contributed by atoms with Gasteiger partial charge in [-0.15, -0.1) is 0 Å². The van der Waals surface area contributed by atoms with Crippen molar-refractivity contribution in [2.45, 2.75) is 60.3 Å². The molecule has 2 aromatic carbocycles. The van der Waals surface area contributed by atoms with Crippen LogP contribution in [0.25, 0.3) is 11.1 Å². The van der Waals surface area contributed by atoms with Gasteiger partial charge in [-0.25, -0.2) is 16.8 Å². The van der Waals surface area contributed by atoms with Crippen molar-refractivity contribution in [2.75, 3.05) is 27.2 Å². The Hall–Kier alpha value is -2.12. The normalized spacial score (nSPS) is 14.0. The average molecular weight is 575 g/mol. The Balaban J connectivity index is 0.000000410. The molecule has 5 nitrogen and oxygen atoms in total. The number of halogens is 6. The number of hydrogen-bond acceptors (Lipinski definition) is 4. The summed E-state index contributed by atoms with van der Waals surface area (Å²) in [6.07, 6.45) is 3.67. The van der Waals surface area contributed by atoms with E-state index in [2.05, 4.69) is 27.9 Å². The summed E-state index contributed by atoms with van der Waals surface area (Å²) >= 11 is 0. The molecule has 0 N–H and O–H groups in total. The van der Waals surface area contributed by atoms with Crippen LogP contribution in [0.4, 0.5) is 26.3 Å². The average Bonchev–Trinajstić information content (AvgIpc) is 3.16. The highest BCUT2D eigenvalue weighted by atomic mass is 32.2. The van der Waals surface area contributed by atoms with E-state index < -0.39 is 52.5 Å². The van der Waals surface area contributed by atoms with Crippen LogP contribution in [-0.4, -0.2) is 59.5 Å². The smallest absolute Gasteiger partial charge is 0.329 e. The van der Waals surface area contributed by atoms with Gasteiger partial charge in [0.15, 0.2) is 0 Å². The highest BCUT2D eigenvalue weighted by molar-refractivity contribution is 7.95. The number of alkyl halides is 6. The molecule has 0 spiro atoms. The number of rotatable bonds is 7. The predicted octanol–water partition coefficient (Wildman–Crippen LogP) is 6.12. The van der Waals surface area contributed by atoms with Gasteiger partial charge >= 0.3 is 11.0 Å². The summed E-state index contributed by atoms with van der Waals surface area (Å²) < 4.78 is 127. The number of sulfone groups is 2. The second-order valence-electron chi connectivity index (χ2n) is 9.33. The third-order valence-corrected chi connectivity index (χ3v) is 9.56. The Labute approximate surface area is 213 Å². The molecule has 0 amide bonds.